The molecule has 0 aliphatic heterocycles. The molecule has 8 atom stereocenters. The fraction of sp³-hybridized carbons (Fsp3) is 0.889. The van der Waals surface area contributed by atoms with E-state index in [1.807, 2.05) is 6.92 Å². The highest BCUT2D eigenvalue weighted by molar-refractivity contribution is 5.87. The lowest BCUT2D eigenvalue weighted by Gasteiger charge is -2.93. The SMILES string of the molecule is C=C(C)C(=O)OC12CC3CC4(OC(C)OC56CC7C(CC(O)(C(F)(F)F)C(F)(F)F)CC5CC76)CC(C1)C324. The first-order valence-electron chi connectivity index (χ1n) is 13.6. The summed E-state index contributed by atoms with van der Waals surface area (Å²) < 4.78 is 98.5. The largest absolute Gasteiger partial charge is 0.455 e. The monoisotopic (exact) mass is 550 g/mol. The Labute approximate surface area is 216 Å². The van der Waals surface area contributed by atoms with E-state index in [1.165, 1.54) is 0 Å². The fourth-order valence-electron chi connectivity index (χ4n) is 10.8. The molecule has 0 amide bonds. The third-order valence-corrected chi connectivity index (χ3v) is 12.1. The molecule has 5 nitrogen and oxygen atoms in total. The van der Waals surface area contributed by atoms with Crippen LogP contribution in [0.25, 0.3) is 0 Å². The van der Waals surface area contributed by atoms with Crippen LogP contribution in [-0.2, 0) is 19.0 Å². The van der Waals surface area contributed by atoms with Crippen molar-refractivity contribution in [2.75, 3.05) is 0 Å². The second-order valence-corrected chi connectivity index (χ2v) is 13.5. The lowest BCUT2D eigenvalue weighted by Crippen LogP contribution is -2.97. The molecule has 8 saturated carbocycles. The van der Waals surface area contributed by atoms with Gasteiger partial charge in [0.15, 0.2) is 6.29 Å². The minimum Gasteiger partial charge on any atom is -0.455 e. The van der Waals surface area contributed by atoms with Crippen LogP contribution in [-0.4, -0.2) is 52.1 Å². The first-order valence-corrected chi connectivity index (χ1v) is 13.6. The Morgan fingerprint density at radius 2 is 1.53 bits per heavy atom. The molecule has 8 unspecified atom stereocenters. The normalized spacial score (nSPS) is 49.8. The summed E-state index contributed by atoms with van der Waals surface area (Å²) in [6, 6.07) is 0. The van der Waals surface area contributed by atoms with Crippen LogP contribution in [0.4, 0.5) is 26.3 Å². The number of aliphatic hydroxyl groups is 1. The van der Waals surface area contributed by atoms with E-state index in [0.717, 1.165) is 25.7 Å². The van der Waals surface area contributed by atoms with Gasteiger partial charge >= 0.3 is 18.3 Å². The number of hydrogen-bond acceptors (Lipinski definition) is 5. The maximum Gasteiger partial charge on any atom is 0.426 e. The van der Waals surface area contributed by atoms with Crippen LogP contribution >= 0.6 is 0 Å². The van der Waals surface area contributed by atoms with Gasteiger partial charge in [-0.1, -0.05) is 6.58 Å². The molecule has 1 spiro atoms. The third-order valence-electron chi connectivity index (χ3n) is 12.1. The van der Waals surface area contributed by atoms with Crippen LogP contribution in [0.3, 0.4) is 0 Å². The van der Waals surface area contributed by atoms with Crippen molar-refractivity contribution in [1.82, 2.24) is 0 Å². The molecular formula is C27H32F6O5. The van der Waals surface area contributed by atoms with Crippen molar-refractivity contribution in [2.45, 2.75) is 106 Å². The van der Waals surface area contributed by atoms with E-state index < -0.39 is 53.4 Å². The van der Waals surface area contributed by atoms with Crippen molar-refractivity contribution in [3.63, 3.8) is 0 Å². The number of halogens is 6. The third kappa shape index (κ3) is 2.57. The standard InChI is InChI=1S/C27H32F6O5/c1-12(2)20(34)38-22-9-16-7-21(8-17(10-22)25(16,21)22)36-13(3)37-23-11-18-14(4-15(23)5-19(18)23)6-24(35,26(28,29)30)27(31,32)33/h13-19,35H,1,4-11H2,2-3H3. The van der Waals surface area contributed by atoms with E-state index in [-0.39, 0.29) is 35.6 Å². The minimum atomic E-state index is -5.79. The van der Waals surface area contributed by atoms with Gasteiger partial charge in [-0.25, -0.2) is 4.79 Å². The lowest BCUT2D eigenvalue weighted by atomic mass is 9.14. The van der Waals surface area contributed by atoms with Crippen molar-refractivity contribution in [1.29, 1.82) is 0 Å². The topological polar surface area (TPSA) is 65.0 Å². The van der Waals surface area contributed by atoms with Gasteiger partial charge in [0.2, 0.25) is 0 Å². The van der Waals surface area contributed by atoms with Crippen molar-refractivity contribution < 1.29 is 50.5 Å². The summed E-state index contributed by atoms with van der Waals surface area (Å²) in [6.45, 7) is 7.13. The van der Waals surface area contributed by atoms with Crippen molar-refractivity contribution in [3.8, 4) is 0 Å². The van der Waals surface area contributed by atoms with Gasteiger partial charge in [0.1, 0.15) is 5.60 Å². The number of carbonyl (C=O) groups excluding carboxylic acids is 1. The Morgan fingerprint density at radius 1 is 0.947 bits per heavy atom. The maximum atomic E-state index is 13.3. The molecule has 212 valence electrons. The summed E-state index contributed by atoms with van der Waals surface area (Å²) >= 11 is 0. The summed E-state index contributed by atoms with van der Waals surface area (Å²) in [7, 11) is 0. The van der Waals surface area contributed by atoms with Crippen LogP contribution in [0.2, 0.25) is 0 Å². The average Bonchev–Trinajstić information content (AvgIpc) is 2.73. The number of ether oxygens (including phenoxy) is 3. The number of alkyl halides is 6. The molecule has 0 heterocycles. The first-order chi connectivity index (χ1) is 17.5. The van der Waals surface area contributed by atoms with Crippen LogP contribution in [0.1, 0.15) is 65.2 Å². The van der Waals surface area contributed by atoms with Gasteiger partial charge < -0.3 is 19.3 Å². The molecule has 8 aliphatic carbocycles. The average molecular weight is 551 g/mol. The fourth-order valence-corrected chi connectivity index (χ4v) is 10.8. The lowest BCUT2D eigenvalue weighted by molar-refractivity contribution is -0.526. The summed E-state index contributed by atoms with van der Waals surface area (Å²) in [4.78, 5) is 12.3. The first kappa shape index (κ1) is 25.6. The van der Waals surface area contributed by atoms with Crippen LogP contribution in [0.5, 0.6) is 0 Å². The quantitative estimate of drug-likeness (QED) is 0.188. The zero-order chi connectivity index (χ0) is 27.5. The van der Waals surface area contributed by atoms with E-state index in [0.29, 0.717) is 30.3 Å². The Kier molecular flexibility index (Phi) is 4.67. The number of hydrogen-bond donors (Lipinski definition) is 1. The number of esters is 1. The molecule has 38 heavy (non-hydrogen) atoms. The highest BCUT2D eigenvalue weighted by atomic mass is 19.4. The molecule has 4 bridgehead atoms. The minimum absolute atomic E-state index is 0.120. The van der Waals surface area contributed by atoms with Gasteiger partial charge in [-0.2, -0.15) is 26.3 Å². The van der Waals surface area contributed by atoms with Gasteiger partial charge in [0.25, 0.3) is 5.60 Å². The summed E-state index contributed by atoms with van der Waals surface area (Å²) in [6.07, 6.45) is -8.84. The molecule has 8 rings (SSSR count). The van der Waals surface area contributed by atoms with Crippen LogP contribution < -0.4 is 0 Å². The van der Waals surface area contributed by atoms with Gasteiger partial charge in [0, 0.05) is 11.0 Å². The Balaban J connectivity index is 1.00. The smallest absolute Gasteiger partial charge is 0.426 e. The number of fused-ring (bicyclic) bond motifs is 1. The van der Waals surface area contributed by atoms with E-state index in [1.54, 1.807) is 6.92 Å². The van der Waals surface area contributed by atoms with Crippen molar-refractivity contribution in [2.24, 2.45) is 40.9 Å². The second kappa shape index (κ2) is 6.93. The van der Waals surface area contributed by atoms with Crippen molar-refractivity contribution in [3.05, 3.63) is 12.2 Å². The Hall–Kier alpha value is -1.33. The number of carbonyl (C=O) groups is 1. The van der Waals surface area contributed by atoms with E-state index in [9.17, 15) is 36.2 Å². The molecule has 0 aromatic carbocycles. The van der Waals surface area contributed by atoms with Gasteiger partial charge in [0.05, 0.1) is 11.2 Å². The summed E-state index contributed by atoms with van der Waals surface area (Å²) in [5.41, 5.74) is -5.98. The maximum absolute atomic E-state index is 13.3. The molecule has 0 aromatic heterocycles. The summed E-state index contributed by atoms with van der Waals surface area (Å²) in [5, 5.41) is 9.72. The second-order valence-electron chi connectivity index (χ2n) is 13.5. The molecule has 0 radical (unpaired) electrons. The Morgan fingerprint density at radius 3 is 1.97 bits per heavy atom. The van der Waals surface area contributed by atoms with E-state index >= 15 is 0 Å². The van der Waals surface area contributed by atoms with Gasteiger partial charge in [-0.15, -0.1) is 0 Å². The molecule has 11 heteroatoms. The molecule has 0 saturated heterocycles. The van der Waals surface area contributed by atoms with Crippen molar-refractivity contribution >= 4 is 5.97 Å². The van der Waals surface area contributed by atoms with Crippen LogP contribution in [0, 0.1) is 40.9 Å². The highest BCUT2D eigenvalue weighted by Gasteiger charge is 2.96. The molecule has 0 aromatic rings. The zero-order valence-electron chi connectivity index (χ0n) is 21.3. The predicted molar refractivity (Wildman–Crippen MR) is 118 cm³/mol. The molecule has 8 aliphatic rings. The number of rotatable bonds is 8. The molecular weight excluding hydrogens is 518 g/mol. The zero-order valence-corrected chi connectivity index (χ0v) is 21.3. The molecule has 8 fully saturated rings. The highest BCUT2D eigenvalue weighted by Crippen LogP contribution is 2.92. The van der Waals surface area contributed by atoms with E-state index in [4.69, 9.17) is 14.2 Å². The Bertz CT molecular complexity index is 1080. The van der Waals surface area contributed by atoms with Gasteiger partial charge in [-0.05, 0) is 101 Å². The van der Waals surface area contributed by atoms with Gasteiger partial charge in [-0.3, -0.25) is 0 Å². The predicted octanol–water partition coefficient (Wildman–Crippen LogP) is 5.46. The molecule has 1 N–H and O–H groups in total. The van der Waals surface area contributed by atoms with E-state index in [2.05, 4.69) is 6.58 Å². The summed E-state index contributed by atoms with van der Waals surface area (Å²) in [5.74, 6) is -0.945. The van der Waals surface area contributed by atoms with Crippen LogP contribution in [0.15, 0.2) is 12.2 Å².